The molecule has 1 aromatic carbocycles. The molecule has 7 rings (SSSR count). The van der Waals surface area contributed by atoms with Gasteiger partial charge in [0.1, 0.15) is 12.9 Å². The average molecular weight is 446 g/mol. The maximum atomic E-state index is 12.7. The predicted octanol–water partition coefficient (Wildman–Crippen LogP) is 2.02. The SMILES string of the molecule is Cn1cnc2ncn(Cc3nc(C4[C@H]5CN(c6ccc7scnc7c6)C[C@@H]45)no3)c(=O)c21. The van der Waals surface area contributed by atoms with Gasteiger partial charge in [-0.15, -0.1) is 11.3 Å². The van der Waals surface area contributed by atoms with E-state index in [1.807, 2.05) is 5.51 Å². The lowest BCUT2D eigenvalue weighted by Crippen LogP contribution is -2.23. The van der Waals surface area contributed by atoms with Gasteiger partial charge in [0.05, 0.1) is 22.1 Å². The molecule has 5 aromatic rings. The van der Waals surface area contributed by atoms with E-state index in [0.717, 1.165) is 24.4 Å². The van der Waals surface area contributed by atoms with Crippen LogP contribution in [-0.4, -0.2) is 47.3 Å². The number of fused-ring (bicyclic) bond motifs is 3. The van der Waals surface area contributed by atoms with Crippen molar-refractivity contribution in [3.8, 4) is 0 Å². The molecule has 5 heterocycles. The van der Waals surface area contributed by atoms with Gasteiger partial charge >= 0.3 is 0 Å². The first-order valence-electron chi connectivity index (χ1n) is 10.4. The highest BCUT2D eigenvalue weighted by molar-refractivity contribution is 7.16. The molecule has 0 bridgehead atoms. The Kier molecular flexibility index (Phi) is 3.63. The van der Waals surface area contributed by atoms with Crippen LogP contribution >= 0.6 is 11.3 Å². The summed E-state index contributed by atoms with van der Waals surface area (Å²) in [6, 6.07) is 6.50. The Morgan fingerprint density at radius 1 is 1.16 bits per heavy atom. The van der Waals surface area contributed by atoms with Crippen molar-refractivity contribution in [2.75, 3.05) is 18.0 Å². The number of benzene rings is 1. The predicted molar refractivity (Wildman–Crippen MR) is 118 cm³/mol. The number of aromatic nitrogens is 7. The highest BCUT2D eigenvalue weighted by Crippen LogP contribution is 2.58. The molecule has 1 aliphatic carbocycles. The Morgan fingerprint density at radius 2 is 2.00 bits per heavy atom. The van der Waals surface area contributed by atoms with Crippen LogP contribution in [0.1, 0.15) is 17.6 Å². The van der Waals surface area contributed by atoms with Gasteiger partial charge < -0.3 is 14.0 Å². The molecule has 0 amide bonds. The van der Waals surface area contributed by atoms with Gasteiger partial charge in [-0.1, -0.05) is 5.16 Å². The Bertz CT molecular complexity index is 1540. The third-order valence-corrected chi connectivity index (χ3v) is 7.47. The zero-order chi connectivity index (χ0) is 21.4. The van der Waals surface area contributed by atoms with E-state index in [2.05, 4.69) is 48.2 Å². The molecule has 4 aromatic heterocycles. The van der Waals surface area contributed by atoms with Crippen LogP contribution in [0.4, 0.5) is 5.69 Å². The molecule has 1 saturated carbocycles. The van der Waals surface area contributed by atoms with E-state index in [1.165, 1.54) is 21.3 Å². The first kappa shape index (κ1) is 18.0. The number of nitrogens with zero attached hydrogens (tertiary/aromatic N) is 8. The summed E-state index contributed by atoms with van der Waals surface area (Å²) in [4.78, 5) is 32.5. The minimum absolute atomic E-state index is 0.175. The number of hydrogen-bond donors (Lipinski definition) is 0. The van der Waals surface area contributed by atoms with E-state index in [1.54, 1.807) is 29.3 Å². The number of piperidine rings is 1. The molecule has 160 valence electrons. The summed E-state index contributed by atoms with van der Waals surface area (Å²) in [5, 5.41) is 4.22. The molecule has 2 fully saturated rings. The Morgan fingerprint density at radius 3 is 2.88 bits per heavy atom. The van der Waals surface area contributed by atoms with Crippen LogP contribution in [0.25, 0.3) is 21.4 Å². The van der Waals surface area contributed by atoms with Gasteiger partial charge in [-0.05, 0) is 30.0 Å². The van der Waals surface area contributed by atoms with E-state index in [9.17, 15) is 4.79 Å². The second kappa shape index (κ2) is 6.45. The summed E-state index contributed by atoms with van der Waals surface area (Å²) in [7, 11) is 1.78. The van der Waals surface area contributed by atoms with Crippen LogP contribution in [0.2, 0.25) is 0 Å². The molecule has 10 nitrogen and oxygen atoms in total. The molecule has 1 aliphatic heterocycles. The second-order valence-corrected chi connectivity index (χ2v) is 9.40. The van der Waals surface area contributed by atoms with Crippen molar-refractivity contribution >= 4 is 38.4 Å². The molecule has 3 atom stereocenters. The Labute approximate surface area is 185 Å². The molecular weight excluding hydrogens is 428 g/mol. The second-order valence-electron chi connectivity index (χ2n) is 8.51. The van der Waals surface area contributed by atoms with Crippen molar-refractivity contribution in [2.45, 2.75) is 12.5 Å². The lowest BCUT2D eigenvalue weighted by atomic mass is 10.2. The van der Waals surface area contributed by atoms with Crippen LogP contribution < -0.4 is 10.5 Å². The van der Waals surface area contributed by atoms with Gasteiger partial charge in [-0.25, -0.2) is 15.0 Å². The number of rotatable bonds is 4. The highest BCUT2D eigenvalue weighted by Gasteiger charge is 2.58. The summed E-state index contributed by atoms with van der Waals surface area (Å²) in [6.45, 7) is 2.16. The van der Waals surface area contributed by atoms with Crippen LogP contribution in [0.15, 0.2) is 45.7 Å². The molecule has 0 spiro atoms. The maximum Gasteiger partial charge on any atom is 0.280 e. The highest BCUT2D eigenvalue weighted by atomic mass is 32.1. The van der Waals surface area contributed by atoms with Gasteiger partial charge in [0.25, 0.3) is 5.56 Å². The van der Waals surface area contributed by atoms with Gasteiger partial charge in [0, 0.05) is 31.7 Å². The van der Waals surface area contributed by atoms with Crippen LogP contribution in [0.5, 0.6) is 0 Å². The molecular formula is C21H18N8O2S. The van der Waals surface area contributed by atoms with Crippen molar-refractivity contribution < 1.29 is 4.52 Å². The fourth-order valence-corrected chi connectivity index (χ4v) is 5.62. The minimum atomic E-state index is -0.175. The number of aryl methyl sites for hydroxylation is 1. The van der Waals surface area contributed by atoms with Crippen molar-refractivity contribution in [1.29, 1.82) is 0 Å². The van der Waals surface area contributed by atoms with E-state index >= 15 is 0 Å². The van der Waals surface area contributed by atoms with E-state index in [0.29, 0.717) is 34.8 Å². The number of thiazole rings is 1. The summed E-state index contributed by atoms with van der Waals surface area (Å²) in [6.07, 6.45) is 3.06. The molecule has 1 saturated heterocycles. The zero-order valence-electron chi connectivity index (χ0n) is 17.1. The molecule has 0 N–H and O–H groups in total. The Hall–Kier alpha value is -3.60. The van der Waals surface area contributed by atoms with Gasteiger partial charge in [-0.3, -0.25) is 9.36 Å². The van der Waals surface area contributed by atoms with Crippen molar-refractivity contribution in [3.63, 3.8) is 0 Å². The first-order valence-corrected chi connectivity index (χ1v) is 11.3. The third kappa shape index (κ3) is 2.63. The van der Waals surface area contributed by atoms with Crippen LogP contribution in [-0.2, 0) is 13.6 Å². The largest absolute Gasteiger partial charge is 0.371 e. The molecule has 32 heavy (non-hydrogen) atoms. The van der Waals surface area contributed by atoms with Crippen LogP contribution in [0.3, 0.4) is 0 Å². The fraction of sp³-hybridized carbons (Fsp3) is 0.333. The van der Waals surface area contributed by atoms with E-state index < -0.39 is 0 Å². The first-order chi connectivity index (χ1) is 15.7. The van der Waals surface area contributed by atoms with Gasteiger partial charge in [0.15, 0.2) is 17.0 Å². The molecule has 11 heteroatoms. The third-order valence-electron chi connectivity index (χ3n) is 6.66. The average Bonchev–Trinajstić information content (AvgIpc) is 3.38. The summed E-state index contributed by atoms with van der Waals surface area (Å²) in [5.74, 6) is 2.54. The summed E-state index contributed by atoms with van der Waals surface area (Å²) < 4.78 is 9.84. The molecule has 1 unspecified atom stereocenters. The monoisotopic (exact) mass is 446 g/mol. The smallest absolute Gasteiger partial charge is 0.280 e. The van der Waals surface area contributed by atoms with Crippen LogP contribution in [0, 0.1) is 11.8 Å². The zero-order valence-corrected chi connectivity index (χ0v) is 17.9. The van der Waals surface area contributed by atoms with Crippen molar-refractivity contribution in [1.82, 2.24) is 34.2 Å². The van der Waals surface area contributed by atoms with E-state index in [4.69, 9.17) is 4.52 Å². The fourth-order valence-electron chi connectivity index (χ4n) is 4.96. The molecule has 2 aliphatic rings. The quantitative estimate of drug-likeness (QED) is 0.413. The lowest BCUT2D eigenvalue weighted by Gasteiger charge is -2.21. The number of imidazole rings is 1. The summed E-state index contributed by atoms with van der Waals surface area (Å²) >= 11 is 1.66. The normalized spacial score (nSPS) is 22.2. The number of anilines is 1. The lowest BCUT2D eigenvalue weighted by molar-refractivity contribution is 0.363. The topological polar surface area (TPSA) is 108 Å². The minimum Gasteiger partial charge on any atom is -0.371 e. The van der Waals surface area contributed by atoms with Gasteiger partial charge in [-0.2, -0.15) is 4.98 Å². The maximum absolute atomic E-state index is 12.7. The van der Waals surface area contributed by atoms with E-state index in [-0.39, 0.29) is 12.1 Å². The summed E-state index contributed by atoms with van der Waals surface area (Å²) in [5.41, 5.74) is 4.88. The van der Waals surface area contributed by atoms with Crippen molar-refractivity contribution in [3.05, 3.63) is 58.4 Å². The van der Waals surface area contributed by atoms with Crippen molar-refractivity contribution in [2.24, 2.45) is 18.9 Å². The Balaban J connectivity index is 1.07. The number of hydrogen-bond acceptors (Lipinski definition) is 9. The van der Waals surface area contributed by atoms with Gasteiger partial charge in [0.2, 0.25) is 5.89 Å². The molecule has 0 radical (unpaired) electrons. The standard InChI is InChI=1S/C21H18N8O2S/c1-27-8-22-20-18(27)21(30)29(9-23-20)7-16-25-19(26-31-16)17-12-5-28(6-13(12)17)11-2-3-15-14(4-11)24-10-32-15/h2-4,8-10,12-13,17H,5-7H2,1H3/t12-,13+,17?.